The van der Waals surface area contributed by atoms with E-state index < -0.39 is 0 Å². The van der Waals surface area contributed by atoms with Crippen molar-refractivity contribution >= 4 is 0 Å². The molecule has 3 heteroatoms. The molecule has 0 spiro atoms. The van der Waals surface area contributed by atoms with Crippen LogP contribution in [0.2, 0.25) is 0 Å². The van der Waals surface area contributed by atoms with Crippen LogP contribution in [0.15, 0.2) is 24.5 Å². The minimum atomic E-state index is 0.204. The van der Waals surface area contributed by atoms with E-state index in [2.05, 4.69) is 17.2 Å². The Hall–Kier alpha value is -1.09. The zero-order valence-electron chi connectivity index (χ0n) is 8.66. The van der Waals surface area contributed by atoms with Crippen LogP contribution in [0.1, 0.15) is 13.3 Å². The Kier molecular flexibility index (Phi) is 2.42. The van der Waals surface area contributed by atoms with Crippen molar-refractivity contribution in [3.05, 3.63) is 24.5 Å². The van der Waals surface area contributed by atoms with Gasteiger partial charge in [0.05, 0.1) is 11.7 Å². The molecule has 2 atom stereocenters. The van der Waals surface area contributed by atoms with Crippen LogP contribution in [0.4, 0.5) is 0 Å². The number of rotatable bonds is 4. The summed E-state index contributed by atoms with van der Waals surface area (Å²) >= 11 is 0. The highest BCUT2D eigenvalue weighted by molar-refractivity contribution is 5.17. The zero-order valence-corrected chi connectivity index (χ0v) is 8.66. The monoisotopic (exact) mass is 192 g/mol. The van der Waals surface area contributed by atoms with Gasteiger partial charge in [0.2, 0.25) is 0 Å². The topological polar surface area (TPSA) is 34.1 Å². The van der Waals surface area contributed by atoms with Crippen LogP contribution >= 0.6 is 0 Å². The number of nitrogens with one attached hydrogen (secondary N) is 1. The normalized spacial score (nSPS) is 30.0. The second-order valence-corrected chi connectivity index (χ2v) is 3.99. The first-order chi connectivity index (χ1) is 6.77. The standard InChI is InChI=1S/C11H16N2O/c1-9-6-11(9,12-2)8-14-10-4-3-5-13-7-10/h3-5,7,9,12H,6,8H2,1-2H3/t9-,11-/m1/s1. The van der Waals surface area contributed by atoms with E-state index >= 15 is 0 Å². The molecule has 3 nitrogen and oxygen atoms in total. The summed E-state index contributed by atoms with van der Waals surface area (Å²) in [6.07, 6.45) is 4.70. The smallest absolute Gasteiger partial charge is 0.137 e. The first-order valence-electron chi connectivity index (χ1n) is 4.98. The third-order valence-electron chi connectivity index (χ3n) is 3.08. The Labute approximate surface area is 84.5 Å². The van der Waals surface area contributed by atoms with E-state index in [0.29, 0.717) is 5.92 Å². The van der Waals surface area contributed by atoms with Crippen LogP contribution < -0.4 is 10.1 Å². The third kappa shape index (κ3) is 1.73. The average Bonchev–Trinajstić information content (AvgIpc) is 2.89. The molecule has 76 valence electrons. The maximum Gasteiger partial charge on any atom is 0.137 e. The highest BCUT2D eigenvalue weighted by Gasteiger charge is 2.50. The van der Waals surface area contributed by atoms with Gasteiger partial charge in [-0.1, -0.05) is 6.92 Å². The van der Waals surface area contributed by atoms with Gasteiger partial charge in [-0.15, -0.1) is 0 Å². The van der Waals surface area contributed by atoms with E-state index in [-0.39, 0.29) is 5.54 Å². The predicted octanol–water partition coefficient (Wildman–Crippen LogP) is 1.46. The fraction of sp³-hybridized carbons (Fsp3) is 0.545. The molecule has 1 fully saturated rings. The molecule has 2 rings (SSSR count). The summed E-state index contributed by atoms with van der Waals surface area (Å²) in [5.41, 5.74) is 0.204. The lowest BCUT2D eigenvalue weighted by molar-refractivity contribution is 0.249. The minimum absolute atomic E-state index is 0.204. The molecule has 0 amide bonds. The molecule has 1 aliphatic carbocycles. The summed E-state index contributed by atoms with van der Waals surface area (Å²) in [5, 5.41) is 3.33. The number of hydrogen-bond donors (Lipinski definition) is 1. The van der Waals surface area contributed by atoms with Crippen molar-refractivity contribution in [1.29, 1.82) is 0 Å². The Morgan fingerprint density at radius 1 is 1.71 bits per heavy atom. The maximum atomic E-state index is 5.67. The molecule has 0 unspecified atom stereocenters. The SMILES string of the molecule is CN[C@@]1(COc2cccnc2)C[C@H]1C. The largest absolute Gasteiger partial charge is 0.490 e. The summed E-state index contributed by atoms with van der Waals surface area (Å²) < 4.78 is 5.67. The number of ether oxygens (including phenoxy) is 1. The van der Waals surface area contributed by atoms with Gasteiger partial charge in [-0.05, 0) is 31.5 Å². The molecule has 1 aromatic rings. The van der Waals surface area contributed by atoms with Crippen molar-refractivity contribution < 1.29 is 4.74 Å². The third-order valence-corrected chi connectivity index (χ3v) is 3.08. The van der Waals surface area contributed by atoms with Crippen LogP contribution in [0.5, 0.6) is 5.75 Å². The average molecular weight is 192 g/mol. The molecule has 1 aliphatic rings. The molecular weight excluding hydrogens is 176 g/mol. The van der Waals surface area contributed by atoms with Gasteiger partial charge in [-0.3, -0.25) is 4.98 Å². The lowest BCUT2D eigenvalue weighted by atomic mass is 10.2. The number of likely N-dealkylation sites (N-methyl/N-ethyl adjacent to an activating group) is 1. The van der Waals surface area contributed by atoms with Crippen molar-refractivity contribution in [2.45, 2.75) is 18.9 Å². The highest BCUT2D eigenvalue weighted by Crippen LogP contribution is 2.42. The van der Waals surface area contributed by atoms with Crippen molar-refractivity contribution in [2.24, 2.45) is 5.92 Å². The van der Waals surface area contributed by atoms with Crippen LogP contribution in [0.25, 0.3) is 0 Å². The highest BCUT2D eigenvalue weighted by atomic mass is 16.5. The molecular formula is C11H16N2O. The van der Waals surface area contributed by atoms with Gasteiger partial charge >= 0.3 is 0 Å². The summed E-state index contributed by atoms with van der Waals surface area (Å²) in [4.78, 5) is 4.01. The number of aromatic nitrogens is 1. The van der Waals surface area contributed by atoms with Gasteiger partial charge in [0.15, 0.2) is 0 Å². The summed E-state index contributed by atoms with van der Waals surface area (Å²) in [7, 11) is 2.00. The predicted molar refractivity (Wildman–Crippen MR) is 55.3 cm³/mol. The quantitative estimate of drug-likeness (QED) is 0.784. The second-order valence-electron chi connectivity index (χ2n) is 3.99. The summed E-state index contributed by atoms with van der Waals surface area (Å²) in [6, 6.07) is 3.82. The Bertz CT molecular complexity index is 297. The van der Waals surface area contributed by atoms with Crippen LogP contribution in [-0.2, 0) is 0 Å². The molecule has 0 saturated heterocycles. The number of hydrogen-bond acceptors (Lipinski definition) is 3. The van der Waals surface area contributed by atoms with E-state index in [0.717, 1.165) is 12.4 Å². The van der Waals surface area contributed by atoms with Crippen LogP contribution in [0, 0.1) is 5.92 Å². The van der Waals surface area contributed by atoms with Crippen molar-refractivity contribution in [3.63, 3.8) is 0 Å². The molecule has 1 N–H and O–H groups in total. The Morgan fingerprint density at radius 3 is 3.00 bits per heavy atom. The van der Waals surface area contributed by atoms with Crippen molar-refractivity contribution in [3.8, 4) is 5.75 Å². The lowest BCUT2D eigenvalue weighted by Gasteiger charge is -2.16. The van der Waals surface area contributed by atoms with Crippen LogP contribution in [0.3, 0.4) is 0 Å². The second kappa shape index (κ2) is 3.58. The molecule has 1 heterocycles. The fourth-order valence-electron chi connectivity index (χ4n) is 1.75. The van der Waals surface area contributed by atoms with Gasteiger partial charge < -0.3 is 10.1 Å². The molecule has 0 bridgehead atoms. The minimum Gasteiger partial charge on any atom is -0.490 e. The van der Waals surface area contributed by atoms with Crippen molar-refractivity contribution in [1.82, 2.24) is 10.3 Å². The Morgan fingerprint density at radius 2 is 2.50 bits per heavy atom. The Balaban J connectivity index is 1.89. The fourth-order valence-corrected chi connectivity index (χ4v) is 1.75. The summed E-state index contributed by atoms with van der Waals surface area (Å²) in [6.45, 7) is 2.97. The van der Waals surface area contributed by atoms with E-state index in [1.807, 2.05) is 19.2 Å². The van der Waals surface area contributed by atoms with Gasteiger partial charge in [0.25, 0.3) is 0 Å². The molecule has 0 aromatic carbocycles. The van der Waals surface area contributed by atoms with Crippen LogP contribution in [-0.4, -0.2) is 24.2 Å². The van der Waals surface area contributed by atoms with Gasteiger partial charge in [-0.25, -0.2) is 0 Å². The van der Waals surface area contributed by atoms with Crippen molar-refractivity contribution in [2.75, 3.05) is 13.7 Å². The first kappa shape index (κ1) is 9.46. The van der Waals surface area contributed by atoms with E-state index in [9.17, 15) is 0 Å². The number of pyridine rings is 1. The number of nitrogens with zero attached hydrogens (tertiary/aromatic N) is 1. The molecule has 0 aliphatic heterocycles. The van der Waals surface area contributed by atoms with Gasteiger partial charge in [-0.2, -0.15) is 0 Å². The molecule has 0 radical (unpaired) electrons. The maximum absolute atomic E-state index is 5.67. The van der Waals surface area contributed by atoms with E-state index in [1.54, 1.807) is 12.4 Å². The van der Waals surface area contributed by atoms with Gasteiger partial charge in [0, 0.05) is 6.20 Å². The van der Waals surface area contributed by atoms with E-state index in [1.165, 1.54) is 6.42 Å². The summed E-state index contributed by atoms with van der Waals surface area (Å²) in [5.74, 6) is 1.56. The first-order valence-corrected chi connectivity index (χ1v) is 4.98. The molecule has 1 aromatic heterocycles. The van der Waals surface area contributed by atoms with Gasteiger partial charge in [0.1, 0.15) is 12.4 Å². The lowest BCUT2D eigenvalue weighted by Crippen LogP contribution is -2.36. The molecule has 14 heavy (non-hydrogen) atoms. The molecule has 1 saturated carbocycles. The zero-order chi connectivity index (χ0) is 10.0. The van der Waals surface area contributed by atoms with E-state index in [4.69, 9.17) is 4.74 Å².